The van der Waals surface area contributed by atoms with E-state index in [1.807, 2.05) is 23.1 Å². The van der Waals surface area contributed by atoms with Crippen LogP contribution in [-0.2, 0) is 6.54 Å². The molecule has 1 N–H and O–H groups in total. The van der Waals surface area contributed by atoms with Crippen molar-refractivity contribution < 1.29 is 4.79 Å². The first kappa shape index (κ1) is 12.4. The van der Waals surface area contributed by atoms with E-state index >= 15 is 0 Å². The predicted molar refractivity (Wildman–Crippen MR) is 69.5 cm³/mol. The topological polar surface area (TPSA) is 32.3 Å². The Labute approximate surface area is 108 Å². The second-order valence-electron chi connectivity index (χ2n) is 4.59. The molecule has 92 valence electrons. The van der Waals surface area contributed by atoms with E-state index in [4.69, 9.17) is 0 Å². The van der Waals surface area contributed by atoms with Gasteiger partial charge in [-0.3, -0.25) is 4.79 Å². The fraction of sp³-hybridized carbons (Fsp3) is 0.462. The largest absolute Gasteiger partial charge is 0.330 e. The highest BCUT2D eigenvalue weighted by Crippen LogP contribution is 2.26. The van der Waals surface area contributed by atoms with Crippen LogP contribution < -0.4 is 5.32 Å². The van der Waals surface area contributed by atoms with Gasteiger partial charge in [-0.2, -0.15) is 0 Å². The normalized spacial score (nSPS) is 23.2. The number of benzene rings is 1. The summed E-state index contributed by atoms with van der Waals surface area (Å²) in [6, 6.07) is 8.33. The number of carbonyl (C=O) groups excluding carboxylic acids is 1. The fourth-order valence-corrected chi connectivity index (χ4v) is 2.67. The van der Waals surface area contributed by atoms with E-state index in [1.54, 1.807) is 0 Å². The van der Waals surface area contributed by atoms with Crippen LogP contribution in [0, 0.1) is 0 Å². The molecule has 0 spiro atoms. The average molecular weight is 253 g/mol. The zero-order valence-electron chi connectivity index (χ0n) is 9.69. The molecule has 1 amide bonds. The summed E-state index contributed by atoms with van der Waals surface area (Å²) in [6.07, 6.45) is 2.30. The van der Waals surface area contributed by atoms with Crippen LogP contribution in [0.4, 0.5) is 0 Å². The summed E-state index contributed by atoms with van der Waals surface area (Å²) in [5.41, 5.74) is 2.08. The third-order valence-corrected chi connectivity index (χ3v) is 3.56. The van der Waals surface area contributed by atoms with Crippen molar-refractivity contribution in [3.05, 3.63) is 35.4 Å². The summed E-state index contributed by atoms with van der Waals surface area (Å²) >= 11 is 0. The van der Waals surface area contributed by atoms with Gasteiger partial charge in [-0.1, -0.05) is 18.2 Å². The number of rotatable bonds is 1. The van der Waals surface area contributed by atoms with Crippen LogP contribution >= 0.6 is 12.4 Å². The third kappa shape index (κ3) is 2.17. The van der Waals surface area contributed by atoms with Gasteiger partial charge in [0.05, 0.1) is 0 Å². The minimum atomic E-state index is 0. The molecule has 2 heterocycles. The monoisotopic (exact) mass is 252 g/mol. The first-order valence-corrected chi connectivity index (χ1v) is 5.96. The molecule has 3 rings (SSSR count). The van der Waals surface area contributed by atoms with Crippen molar-refractivity contribution in [3.63, 3.8) is 0 Å². The van der Waals surface area contributed by atoms with Gasteiger partial charge >= 0.3 is 0 Å². The molecule has 1 aromatic rings. The van der Waals surface area contributed by atoms with Crippen molar-refractivity contribution in [2.24, 2.45) is 0 Å². The Kier molecular flexibility index (Phi) is 3.69. The summed E-state index contributed by atoms with van der Waals surface area (Å²) in [6.45, 7) is 2.83. The first-order chi connectivity index (χ1) is 7.86. The third-order valence-electron chi connectivity index (χ3n) is 3.56. The van der Waals surface area contributed by atoms with Crippen molar-refractivity contribution >= 4 is 18.3 Å². The molecule has 2 aliphatic rings. The molecule has 4 heteroatoms. The minimum Gasteiger partial charge on any atom is -0.330 e. The SMILES string of the molecule is Cl.O=C1c2ccccc2CN1C1CCCNC1. The van der Waals surface area contributed by atoms with Gasteiger partial charge < -0.3 is 10.2 Å². The predicted octanol–water partition coefficient (Wildman–Crippen LogP) is 1.82. The number of nitrogens with zero attached hydrogens (tertiary/aromatic N) is 1. The number of hydrogen-bond donors (Lipinski definition) is 1. The number of carbonyl (C=O) groups is 1. The fourth-order valence-electron chi connectivity index (χ4n) is 2.67. The van der Waals surface area contributed by atoms with E-state index < -0.39 is 0 Å². The zero-order valence-corrected chi connectivity index (χ0v) is 10.5. The summed E-state index contributed by atoms with van der Waals surface area (Å²) in [4.78, 5) is 14.2. The Morgan fingerprint density at radius 1 is 1.29 bits per heavy atom. The average Bonchev–Trinajstić information content (AvgIpc) is 2.69. The molecular formula is C13H17ClN2O. The van der Waals surface area contributed by atoms with Gasteiger partial charge in [0.25, 0.3) is 5.91 Å². The second-order valence-corrected chi connectivity index (χ2v) is 4.59. The van der Waals surface area contributed by atoms with Crippen LogP contribution in [0.5, 0.6) is 0 Å². The van der Waals surface area contributed by atoms with Crippen LogP contribution in [0.2, 0.25) is 0 Å². The van der Waals surface area contributed by atoms with Crippen LogP contribution in [0.25, 0.3) is 0 Å². The van der Waals surface area contributed by atoms with Crippen molar-refractivity contribution in [2.45, 2.75) is 25.4 Å². The summed E-state index contributed by atoms with van der Waals surface area (Å²) in [5, 5.41) is 3.37. The molecule has 17 heavy (non-hydrogen) atoms. The molecular weight excluding hydrogens is 236 g/mol. The summed E-state index contributed by atoms with van der Waals surface area (Å²) < 4.78 is 0. The van der Waals surface area contributed by atoms with Gasteiger partial charge in [0.1, 0.15) is 0 Å². The lowest BCUT2D eigenvalue weighted by Gasteiger charge is -2.31. The maximum absolute atomic E-state index is 12.2. The summed E-state index contributed by atoms with van der Waals surface area (Å²) in [5.74, 6) is 0.212. The quantitative estimate of drug-likeness (QED) is 0.827. The van der Waals surface area contributed by atoms with E-state index in [0.717, 1.165) is 31.6 Å². The molecule has 1 unspecified atom stereocenters. The minimum absolute atomic E-state index is 0. The Bertz CT molecular complexity index is 416. The lowest BCUT2D eigenvalue weighted by atomic mass is 10.1. The number of piperidine rings is 1. The molecule has 1 aromatic carbocycles. The molecule has 1 fully saturated rings. The zero-order chi connectivity index (χ0) is 11.0. The van der Waals surface area contributed by atoms with E-state index in [2.05, 4.69) is 11.4 Å². The molecule has 2 aliphatic heterocycles. The molecule has 0 radical (unpaired) electrons. The molecule has 0 bridgehead atoms. The highest BCUT2D eigenvalue weighted by Gasteiger charge is 2.32. The maximum Gasteiger partial charge on any atom is 0.254 e. The van der Waals surface area contributed by atoms with E-state index in [-0.39, 0.29) is 18.3 Å². The maximum atomic E-state index is 12.2. The standard InChI is InChI=1S/C13H16N2O.ClH/c16-13-12-6-2-1-4-10(12)9-15(13)11-5-3-7-14-8-11;/h1-2,4,6,11,14H,3,5,7-9H2;1H. The molecule has 0 aromatic heterocycles. The van der Waals surface area contributed by atoms with E-state index in [9.17, 15) is 4.79 Å². The lowest BCUT2D eigenvalue weighted by Crippen LogP contribution is -2.46. The molecule has 1 saturated heterocycles. The van der Waals surface area contributed by atoms with Gasteiger partial charge in [-0.15, -0.1) is 12.4 Å². The smallest absolute Gasteiger partial charge is 0.254 e. The summed E-state index contributed by atoms with van der Waals surface area (Å²) in [7, 11) is 0. The van der Waals surface area contributed by atoms with Gasteiger partial charge in [0.15, 0.2) is 0 Å². The Morgan fingerprint density at radius 2 is 2.12 bits per heavy atom. The van der Waals surface area contributed by atoms with Crippen LogP contribution in [0.3, 0.4) is 0 Å². The highest BCUT2D eigenvalue weighted by atomic mass is 35.5. The van der Waals surface area contributed by atoms with Gasteiger partial charge in [0.2, 0.25) is 0 Å². The lowest BCUT2D eigenvalue weighted by molar-refractivity contribution is 0.0674. The van der Waals surface area contributed by atoms with Gasteiger partial charge in [-0.05, 0) is 31.0 Å². The van der Waals surface area contributed by atoms with Crippen molar-refractivity contribution in [3.8, 4) is 0 Å². The Balaban J connectivity index is 0.00000108. The molecule has 1 atom stereocenters. The van der Waals surface area contributed by atoms with Crippen LogP contribution in [-0.4, -0.2) is 29.9 Å². The van der Waals surface area contributed by atoms with Crippen LogP contribution in [0.15, 0.2) is 24.3 Å². The first-order valence-electron chi connectivity index (χ1n) is 5.96. The van der Waals surface area contributed by atoms with Crippen LogP contribution in [0.1, 0.15) is 28.8 Å². The van der Waals surface area contributed by atoms with Crippen molar-refractivity contribution in [1.82, 2.24) is 10.2 Å². The van der Waals surface area contributed by atoms with Gasteiger partial charge in [0, 0.05) is 24.7 Å². The number of halogens is 1. The van der Waals surface area contributed by atoms with Crippen molar-refractivity contribution in [1.29, 1.82) is 0 Å². The number of fused-ring (bicyclic) bond motifs is 1. The second kappa shape index (κ2) is 5.07. The Morgan fingerprint density at radius 3 is 2.82 bits per heavy atom. The number of amides is 1. The number of nitrogens with one attached hydrogen (secondary N) is 1. The highest BCUT2D eigenvalue weighted by molar-refractivity contribution is 5.98. The molecule has 3 nitrogen and oxygen atoms in total. The van der Waals surface area contributed by atoms with E-state index in [0.29, 0.717) is 6.04 Å². The molecule has 0 saturated carbocycles. The van der Waals surface area contributed by atoms with Crippen molar-refractivity contribution in [2.75, 3.05) is 13.1 Å². The number of hydrogen-bond acceptors (Lipinski definition) is 2. The van der Waals surface area contributed by atoms with Gasteiger partial charge in [-0.25, -0.2) is 0 Å². The Hall–Kier alpha value is -1.06. The van der Waals surface area contributed by atoms with E-state index in [1.165, 1.54) is 12.0 Å². The molecule has 0 aliphatic carbocycles.